The summed E-state index contributed by atoms with van der Waals surface area (Å²) in [4.78, 5) is 16.6. The van der Waals surface area contributed by atoms with Crippen LogP contribution in [0, 0.1) is 0 Å². The van der Waals surface area contributed by atoms with E-state index in [4.69, 9.17) is 0 Å². The van der Waals surface area contributed by atoms with Crippen molar-refractivity contribution < 1.29 is 4.79 Å². The number of amides is 1. The molecule has 0 unspecified atom stereocenters. The Bertz CT molecular complexity index is 799. The molecule has 0 spiro atoms. The van der Waals surface area contributed by atoms with Crippen LogP contribution < -0.4 is 5.32 Å². The van der Waals surface area contributed by atoms with Crippen molar-refractivity contribution in [3.63, 3.8) is 0 Å². The molecule has 112 valence electrons. The molecule has 2 N–H and O–H groups in total. The van der Waals surface area contributed by atoms with E-state index in [9.17, 15) is 4.79 Å². The number of thiophene rings is 1. The van der Waals surface area contributed by atoms with Gasteiger partial charge in [-0.05, 0) is 35.9 Å². The Hall–Kier alpha value is -2.07. The third kappa shape index (κ3) is 2.44. The Kier molecular flexibility index (Phi) is 3.26. The fourth-order valence-corrected chi connectivity index (χ4v) is 3.81. The lowest BCUT2D eigenvalue weighted by molar-refractivity contribution is -0.120. The number of hydrogen-bond acceptors (Lipinski definition) is 2. The lowest BCUT2D eigenvalue weighted by Gasteiger charge is -2.15. The van der Waals surface area contributed by atoms with Gasteiger partial charge < -0.3 is 10.3 Å². The minimum atomic E-state index is 0.119. The van der Waals surface area contributed by atoms with Crippen LogP contribution in [0.4, 0.5) is 0 Å². The van der Waals surface area contributed by atoms with Crippen molar-refractivity contribution in [2.45, 2.75) is 24.7 Å². The van der Waals surface area contributed by atoms with Crippen molar-refractivity contribution in [2.75, 3.05) is 6.54 Å². The zero-order valence-corrected chi connectivity index (χ0v) is 13.1. The van der Waals surface area contributed by atoms with Gasteiger partial charge in [0.05, 0.1) is 6.42 Å². The van der Waals surface area contributed by atoms with Gasteiger partial charge in [0.25, 0.3) is 0 Å². The van der Waals surface area contributed by atoms with Gasteiger partial charge in [0.2, 0.25) is 5.91 Å². The van der Waals surface area contributed by atoms with Gasteiger partial charge >= 0.3 is 0 Å². The molecule has 1 aromatic carbocycles. The normalized spacial score (nSPS) is 15.8. The van der Waals surface area contributed by atoms with Crippen LogP contribution >= 0.6 is 11.3 Å². The highest BCUT2D eigenvalue weighted by Gasteiger charge is 2.45. The van der Waals surface area contributed by atoms with Crippen LogP contribution in [0.15, 0.2) is 48.0 Å². The first-order valence-electron chi connectivity index (χ1n) is 7.63. The lowest BCUT2D eigenvalue weighted by Crippen LogP contribution is -2.33. The molecular formula is C18H18N2OS. The molecule has 4 heteroatoms. The summed E-state index contributed by atoms with van der Waals surface area (Å²) < 4.78 is 0. The summed E-state index contributed by atoms with van der Waals surface area (Å²) in [6.45, 7) is 0.735. The Balaban J connectivity index is 1.47. The summed E-state index contributed by atoms with van der Waals surface area (Å²) in [6.07, 6.45) is 4.90. The van der Waals surface area contributed by atoms with E-state index in [1.165, 1.54) is 16.5 Å². The Morgan fingerprint density at radius 1 is 1.23 bits per heavy atom. The molecule has 0 radical (unpaired) electrons. The van der Waals surface area contributed by atoms with Gasteiger partial charge in [-0.15, -0.1) is 11.3 Å². The highest BCUT2D eigenvalue weighted by Crippen LogP contribution is 2.49. The third-order valence-corrected chi connectivity index (χ3v) is 5.43. The zero-order chi connectivity index (χ0) is 15.0. The molecule has 1 aliphatic rings. The highest BCUT2D eigenvalue weighted by molar-refractivity contribution is 7.10. The number of H-pyrrole nitrogens is 1. The number of fused-ring (bicyclic) bond motifs is 1. The van der Waals surface area contributed by atoms with E-state index in [2.05, 4.69) is 34.7 Å². The fourth-order valence-electron chi connectivity index (χ4n) is 3.10. The second kappa shape index (κ2) is 5.29. The molecule has 1 saturated carbocycles. The van der Waals surface area contributed by atoms with Crippen molar-refractivity contribution >= 4 is 28.1 Å². The standard InChI is InChI=1S/C18H18N2OS/c21-17(10-13-4-3-9-22-13)20-12-18(7-8-18)15-11-19-16-6-2-1-5-14(15)16/h1-6,9,11,19H,7-8,10,12H2,(H,20,21). The molecule has 0 atom stereocenters. The van der Waals surface area contributed by atoms with Gasteiger partial charge in [0.15, 0.2) is 0 Å². The average molecular weight is 310 g/mol. The maximum absolute atomic E-state index is 12.1. The van der Waals surface area contributed by atoms with E-state index < -0.39 is 0 Å². The molecule has 0 aliphatic heterocycles. The van der Waals surface area contributed by atoms with Gasteiger partial charge in [0.1, 0.15) is 0 Å². The Labute approximate surface area is 133 Å². The maximum atomic E-state index is 12.1. The second-order valence-electron chi connectivity index (χ2n) is 6.06. The molecule has 0 saturated heterocycles. The molecule has 22 heavy (non-hydrogen) atoms. The summed E-state index contributed by atoms with van der Waals surface area (Å²) in [5.74, 6) is 0.119. The van der Waals surface area contributed by atoms with Gasteiger partial charge in [-0.25, -0.2) is 0 Å². The molecule has 3 nitrogen and oxygen atoms in total. The van der Waals surface area contributed by atoms with Crippen LogP contribution in [-0.4, -0.2) is 17.4 Å². The maximum Gasteiger partial charge on any atom is 0.225 e. The van der Waals surface area contributed by atoms with Crippen molar-refractivity contribution in [3.05, 3.63) is 58.4 Å². The minimum Gasteiger partial charge on any atom is -0.361 e. The van der Waals surface area contributed by atoms with Crippen molar-refractivity contribution in [3.8, 4) is 0 Å². The van der Waals surface area contributed by atoms with Crippen LogP contribution in [-0.2, 0) is 16.6 Å². The van der Waals surface area contributed by atoms with E-state index in [0.29, 0.717) is 6.42 Å². The predicted octanol–water partition coefficient (Wildman–Crippen LogP) is 3.62. The van der Waals surface area contributed by atoms with Gasteiger partial charge in [-0.3, -0.25) is 4.79 Å². The first-order valence-corrected chi connectivity index (χ1v) is 8.50. The second-order valence-corrected chi connectivity index (χ2v) is 7.09. The van der Waals surface area contributed by atoms with Crippen LogP contribution in [0.25, 0.3) is 10.9 Å². The number of carbonyl (C=O) groups is 1. The number of carbonyl (C=O) groups excluding carboxylic acids is 1. The lowest BCUT2D eigenvalue weighted by atomic mass is 9.95. The largest absolute Gasteiger partial charge is 0.361 e. The molecule has 1 aliphatic carbocycles. The van der Waals surface area contributed by atoms with E-state index in [0.717, 1.165) is 24.3 Å². The van der Waals surface area contributed by atoms with Crippen LogP contribution in [0.1, 0.15) is 23.3 Å². The quantitative estimate of drug-likeness (QED) is 0.743. The Morgan fingerprint density at radius 3 is 2.86 bits per heavy atom. The summed E-state index contributed by atoms with van der Waals surface area (Å²) in [6, 6.07) is 12.4. The zero-order valence-electron chi connectivity index (χ0n) is 12.3. The molecule has 1 amide bonds. The predicted molar refractivity (Wildman–Crippen MR) is 90.2 cm³/mol. The summed E-state index contributed by atoms with van der Waals surface area (Å²) in [5.41, 5.74) is 2.65. The van der Waals surface area contributed by atoms with Gasteiger partial charge in [-0.2, -0.15) is 0 Å². The molecule has 2 heterocycles. The molecule has 4 rings (SSSR count). The van der Waals surface area contributed by atoms with E-state index in [1.54, 1.807) is 11.3 Å². The van der Waals surface area contributed by atoms with E-state index in [1.807, 2.05) is 23.6 Å². The van der Waals surface area contributed by atoms with Crippen LogP contribution in [0.2, 0.25) is 0 Å². The number of aromatic amines is 1. The number of nitrogens with one attached hydrogen (secondary N) is 2. The van der Waals surface area contributed by atoms with Gasteiger partial charge in [0, 0.05) is 33.9 Å². The van der Waals surface area contributed by atoms with Crippen molar-refractivity contribution in [1.82, 2.24) is 10.3 Å². The molecule has 1 fully saturated rings. The average Bonchev–Trinajstić information content (AvgIpc) is 2.96. The smallest absolute Gasteiger partial charge is 0.225 e. The number of para-hydroxylation sites is 1. The third-order valence-electron chi connectivity index (χ3n) is 4.55. The number of benzene rings is 1. The summed E-state index contributed by atoms with van der Waals surface area (Å²) in [5, 5.41) is 6.43. The first-order chi connectivity index (χ1) is 10.8. The van der Waals surface area contributed by atoms with Crippen LogP contribution in [0.5, 0.6) is 0 Å². The van der Waals surface area contributed by atoms with Crippen molar-refractivity contribution in [1.29, 1.82) is 0 Å². The number of aromatic nitrogens is 1. The molecule has 2 aromatic heterocycles. The number of hydrogen-bond donors (Lipinski definition) is 2. The van der Waals surface area contributed by atoms with E-state index >= 15 is 0 Å². The highest BCUT2D eigenvalue weighted by atomic mass is 32.1. The first kappa shape index (κ1) is 13.6. The fraction of sp³-hybridized carbons (Fsp3) is 0.278. The van der Waals surface area contributed by atoms with Gasteiger partial charge in [-0.1, -0.05) is 24.3 Å². The topological polar surface area (TPSA) is 44.9 Å². The monoisotopic (exact) mass is 310 g/mol. The number of rotatable bonds is 5. The summed E-state index contributed by atoms with van der Waals surface area (Å²) in [7, 11) is 0. The van der Waals surface area contributed by atoms with Crippen molar-refractivity contribution in [2.24, 2.45) is 0 Å². The minimum absolute atomic E-state index is 0.119. The Morgan fingerprint density at radius 2 is 2.09 bits per heavy atom. The summed E-state index contributed by atoms with van der Waals surface area (Å²) >= 11 is 1.63. The van der Waals surface area contributed by atoms with Crippen LogP contribution in [0.3, 0.4) is 0 Å². The molecule has 0 bridgehead atoms. The molecular weight excluding hydrogens is 292 g/mol. The molecule has 3 aromatic rings. The van der Waals surface area contributed by atoms with E-state index in [-0.39, 0.29) is 11.3 Å². The SMILES string of the molecule is O=C(Cc1cccs1)NCC1(c2c[nH]c3ccccc23)CC1.